The normalized spacial score (nSPS) is 20.5. The molecule has 0 spiro atoms. The van der Waals surface area contributed by atoms with Crippen LogP contribution in [0.4, 0.5) is 0 Å². The second-order valence-electron chi connectivity index (χ2n) is 6.34. The van der Waals surface area contributed by atoms with Crippen molar-refractivity contribution < 1.29 is 17.9 Å². The summed E-state index contributed by atoms with van der Waals surface area (Å²) in [6, 6.07) is 5.95. The molecule has 8 heteroatoms. The van der Waals surface area contributed by atoms with Crippen molar-refractivity contribution in [3.05, 3.63) is 48.4 Å². The number of Topliss-reactive ketones (excluding diaryl/α,β-unsaturated/α-hetero) is 1. The second kappa shape index (κ2) is 7.92. The number of hydrogen-bond acceptors (Lipinski definition) is 6. The van der Waals surface area contributed by atoms with E-state index in [1.807, 2.05) is 0 Å². The fraction of sp³-hybridized carbons (Fsp3) is 0.389. The summed E-state index contributed by atoms with van der Waals surface area (Å²) in [6.45, 7) is 1.41. The first kappa shape index (κ1) is 18.5. The number of hydrogen-bond donors (Lipinski definition) is 1. The minimum absolute atomic E-state index is 0.00787. The minimum Gasteiger partial charge on any atom is -0.473 e. The molecule has 0 saturated heterocycles. The molecule has 1 heterocycles. The number of sulfonamides is 1. The minimum atomic E-state index is -3.66. The van der Waals surface area contributed by atoms with Crippen LogP contribution in [0.3, 0.4) is 0 Å². The molecule has 1 saturated carbocycles. The molecule has 0 bridgehead atoms. The van der Waals surface area contributed by atoms with Crippen molar-refractivity contribution in [2.24, 2.45) is 0 Å². The van der Waals surface area contributed by atoms with E-state index >= 15 is 0 Å². The first-order valence-corrected chi connectivity index (χ1v) is 9.98. The largest absolute Gasteiger partial charge is 0.473 e. The third kappa shape index (κ3) is 4.64. The maximum absolute atomic E-state index is 12.6. The molecule has 0 amide bonds. The van der Waals surface area contributed by atoms with Gasteiger partial charge in [-0.1, -0.05) is 12.1 Å². The average molecular weight is 375 g/mol. The van der Waals surface area contributed by atoms with E-state index in [1.54, 1.807) is 30.7 Å². The zero-order chi connectivity index (χ0) is 18.6. The highest BCUT2D eigenvalue weighted by molar-refractivity contribution is 7.89. The molecule has 1 aliphatic rings. The van der Waals surface area contributed by atoms with Crippen LogP contribution >= 0.6 is 0 Å². The molecule has 2 aromatic rings. The van der Waals surface area contributed by atoms with Crippen molar-refractivity contribution >= 4 is 15.8 Å². The maximum atomic E-state index is 12.6. The van der Waals surface area contributed by atoms with Gasteiger partial charge in [0.1, 0.15) is 6.10 Å². The van der Waals surface area contributed by atoms with E-state index in [2.05, 4.69) is 14.7 Å². The highest BCUT2D eigenvalue weighted by Crippen LogP contribution is 2.24. The van der Waals surface area contributed by atoms with Crippen molar-refractivity contribution in [3.8, 4) is 5.88 Å². The molecule has 0 unspecified atom stereocenters. The molecule has 0 atom stereocenters. The molecule has 1 aliphatic carbocycles. The molecule has 26 heavy (non-hydrogen) atoms. The van der Waals surface area contributed by atoms with E-state index in [4.69, 9.17) is 4.74 Å². The number of carbonyl (C=O) groups is 1. The Kier molecular flexibility index (Phi) is 5.63. The number of carbonyl (C=O) groups excluding carboxylic acids is 1. The first-order chi connectivity index (χ1) is 12.4. The Labute approximate surface area is 152 Å². The van der Waals surface area contributed by atoms with Crippen molar-refractivity contribution in [2.75, 3.05) is 0 Å². The lowest BCUT2D eigenvalue weighted by atomic mass is 9.94. The number of ether oxygens (including phenoxy) is 1. The average Bonchev–Trinajstić information content (AvgIpc) is 2.64. The van der Waals surface area contributed by atoms with Gasteiger partial charge in [0, 0.05) is 24.0 Å². The zero-order valence-corrected chi connectivity index (χ0v) is 15.3. The summed E-state index contributed by atoms with van der Waals surface area (Å²) in [7, 11) is -3.66. The predicted octanol–water partition coefficient (Wildman–Crippen LogP) is 2.35. The summed E-state index contributed by atoms with van der Waals surface area (Å²) in [4.78, 5) is 19.6. The topological polar surface area (TPSA) is 98.2 Å². The summed E-state index contributed by atoms with van der Waals surface area (Å²) in [5.74, 6) is 0.321. The predicted molar refractivity (Wildman–Crippen MR) is 95.5 cm³/mol. The van der Waals surface area contributed by atoms with E-state index in [0.29, 0.717) is 24.3 Å². The number of nitrogens with zero attached hydrogens (tertiary/aromatic N) is 2. The lowest BCUT2D eigenvalue weighted by Crippen LogP contribution is -2.39. The molecule has 1 aromatic heterocycles. The molecular formula is C18H21N3O4S. The van der Waals surface area contributed by atoms with Crippen LogP contribution in [0.1, 0.15) is 43.0 Å². The van der Waals surface area contributed by atoms with Gasteiger partial charge in [0.25, 0.3) is 0 Å². The molecule has 138 valence electrons. The fourth-order valence-corrected chi connectivity index (χ4v) is 4.34. The van der Waals surface area contributed by atoms with Crippen LogP contribution in [0.25, 0.3) is 0 Å². The summed E-state index contributed by atoms with van der Waals surface area (Å²) in [5.41, 5.74) is 0.383. The molecule has 1 fully saturated rings. The summed E-state index contributed by atoms with van der Waals surface area (Å²) in [6.07, 6.45) is 7.55. The fourth-order valence-electron chi connectivity index (χ4n) is 2.99. The SMILES string of the molecule is CC(=O)c1cccc(S(=O)(=O)NC2CCC(Oc3cnccn3)CC2)c1. The van der Waals surface area contributed by atoms with Gasteiger partial charge in [-0.25, -0.2) is 18.1 Å². The molecule has 7 nitrogen and oxygen atoms in total. The Balaban J connectivity index is 1.58. The molecule has 0 radical (unpaired) electrons. The Hall–Kier alpha value is -2.32. The summed E-state index contributed by atoms with van der Waals surface area (Å²) in [5, 5.41) is 0. The lowest BCUT2D eigenvalue weighted by molar-refractivity contribution is 0.101. The van der Waals surface area contributed by atoms with E-state index in [1.165, 1.54) is 19.1 Å². The molecule has 0 aliphatic heterocycles. The van der Waals surface area contributed by atoms with E-state index in [-0.39, 0.29) is 22.8 Å². The van der Waals surface area contributed by atoms with Gasteiger partial charge in [-0.05, 0) is 44.7 Å². The van der Waals surface area contributed by atoms with Crippen LogP contribution < -0.4 is 9.46 Å². The van der Waals surface area contributed by atoms with Gasteiger partial charge >= 0.3 is 0 Å². The Morgan fingerprint density at radius 1 is 1.19 bits per heavy atom. The van der Waals surface area contributed by atoms with Gasteiger partial charge in [-0.3, -0.25) is 9.78 Å². The number of ketones is 1. The Morgan fingerprint density at radius 2 is 1.96 bits per heavy atom. The van der Waals surface area contributed by atoms with Gasteiger partial charge in [0.15, 0.2) is 5.78 Å². The molecule has 1 N–H and O–H groups in total. The standard InChI is InChI=1S/C18H21N3O4S/c1-13(22)14-3-2-4-17(11-14)26(23,24)21-15-5-7-16(8-6-15)25-18-12-19-9-10-20-18/h2-4,9-12,15-16,21H,5-8H2,1H3. The van der Waals surface area contributed by atoms with Crippen LogP contribution in [0, 0.1) is 0 Å². The van der Waals surface area contributed by atoms with Gasteiger partial charge < -0.3 is 4.74 Å². The first-order valence-electron chi connectivity index (χ1n) is 8.50. The highest BCUT2D eigenvalue weighted by atomic mass is 32.2. The van der Waals surface area contributed by atoms with E-state index in [9.17, 15) is 13.2 Å². The Morgan fingerprint density at radius 3 is 2.62 bits per heavy atom. The monoisotopic (exact) mass is 375 g/mol. The second-order valence-corrected chi connectivity index (χ2v) is 8.05. The lowest BCUT2D eigenvalue weighted by Gasteiger charge is -2.28. The van der Waals surface area contributed by atoms with Crippen molar-refractivity contribution in [1.29, 1.82) is 0 Å². The summed E-state index contributed by atoms with van der Waals surface area (Å²) >= 11 is 0. The van der Waals surface area contributed by atoms with Gasteiger partial charge in [-0.2, -0.15) is 0 Å². The quantitative estimate of drug-likeness (QED) is 0.778. The van der Waals surface area contributed by atoms with Crippen molar-refractivity contribution in [3.63, 3.8) is 0 Å². The van der Waals surface area contributed by atoms with Crippen LogP contribution in [0.5, 0.6) is 5.88 Å². The number of nitrogens with one attached hydrogen (secondary N) is 1. The number of benzene rings is 1. The third-order valence-electron chi connectivity index (χ3n) is 4.37. The van der Waals surface area contributed by atoms with Gasteiger partial charge in [0.2, 0.25) is 15.9 Å². The molecule has 1 aromatic carbocycles. The third-order valence-corrected chi connectivity index (χ3v) is 5.89. The highest BCUT2D eigenvalue weighted by Gasteiger charge is 2.27. The smallest absolute Gasteiger partial charge is 0.240 e. The van der Waals surface area contributed by atoms with Crippen molar-refractivity contribution in [2.45, 2.75) is 49.6 Å². The van der Waals surface area contributed by atoms with Crippen molar-refractivity contribution in [1.82, 2.24) is 14.7 Å². The van der Waals surface area contributed by atoms with Gasteiger partial charge in [-0.15, -0.1) is 0 Å². The molecular weight excluding hydrogens is 354 g/mol. The van der Waals surface area contributed by atoms with E-state index < -0.39 is 10.0 Å². The van der Waals surface area contributed by atoms with Crippen LogP contribution in [0.15, 0.2) is 47.8 Å². The number of rotatable bonds is 6. The van der Waals surface area contributed by atoms with Gasteiger partial charge in [0.05, 0.1) is 11.1 Å². The zero-order valence-electron chi connectivity index (χ0n) is 14.5. The van der Waals surface area contributed by atoms with Crippen LogP contribution in [-0.4, -0.2) is 36.3 Å². The summed E-state index contributed by atoms with van der Waals surface area (Å²) < 4.78 is 33.7. The van der Waals surface area contributed by atoms with Crippen LogP contribution in [0.2, 0.25) is 0 Å². The Bertz CT molecular complexity index is 863. The van der Waals surface area contributed by atoms with Crippen LogP contribution in [-0.2, 0) is 10.0 Å². The van der Waals surface area contributed by atoms with E-state index in [0.717, 1.165) is 12.8 Å². The maximum Gasteiger partial charge on any atom is 0.240 e. The number of aromatic nitrogens is 2. The molecule has 3 rings (SSSR count).